The summed E-state index contributed by atoms with van der Waals surface area (Å²) in [6.45, 7) is 5.22. The normalized spacial score (nSPS) is 12.2. The molecule has 0 aliphatic carbocycles. The monoisotopic (exact) mass is 315 g/mol. The van der Waals surface area contributed by atoms with E-state index in [1.165, 1.54) is 24.3 Å². The number of ether oxygens (including phenoxy) is 1. The van der Waals surface area contributed by atoms with E-state index >= 15 is 0 Å². The Kier molecular flexibility index (Phi) is 5.88. The fourth-order valence-corrected chi connectivity index (χ4v) is 3.18. The average molecular weight is 315 g/mol. The minimum atomic E-state index is -3.71. The largest absolute Gasteiger partial charge is 0.462 e. The molecule has 0 saturated carbocycles. The van der Waals surface area contributed by atoms with Gasteiger partial charge in [0.05, 0.1) is 17.1 Å². The summed E-state index contributed by atoms with van der Waals surface area (Å²) in [5.74, 6) is -0.491. The van der Waals surface area contributed by atoms with Gasteiger partial charge in [0.25, 0.3) is 0 Å². The van der Waals surface area contributed by atoms with E-state index in [9.17, 15) is 13.2 Å². The van der Waals surface area contributed by atoms with Crippen LogP contribution in [0.4, 0.5) is 0 Å². The fraction of sp³-hybridized carbons (Fsp3) is 0.500. The van der Waals surface area contributed by atoms with E-state index in [1.807, 2.05) is 0 Å². The number of aliphatic hydroxyl groups excluding tert-OH is 1. The van der Waals surface area contributed by atoms with Crippen molar-refractivity contribution in [1.82, 2.24) is 4.72 Å². The highest BCUT2D eigenvalue weighted by Crippen LogP contribution is 2.16. The number of rotatable bonds is 7. The Morgan fingerprint density at radius 1 is 1.29 bits per heavy atom. The molecule has 0 bridgehead atoms. The standard InChI is InChI=1S/C14H21NO5S/c1-4-20-13(17)11-5-7-12(8-6-11)21(18,19)15-14(2,3)9-10-16/h5-8,15-16H,4,9-10H2,1-3H3. The van der Waals surface area contributed by atoms with Crippen molar-refractivity contribution in [3.63, 3.8) is 0 Å². The topological polar surface area (TPSA) is 92.7 Å². The number of aliphatic hydroxyl groups is 1. The second-order valence-electron chi connectivity index (χ2n) is 5.21. The molecule has 0 aromatic heterocycles. The van der Waals surface area contributed by atoms with Gasteiger partial charge in [0.1, 0.15) is 0 Å². The molecular weight excluding hydrogens is 294 g/mol. The third-order valence-corrected chi connectivity index (χ3v) is 4.54. The van der Waals surface area contributed by atoms with Gasteiger partial charge in [-0.15, -0.1) is 0 Å². The lowest BCUT2D eigenvalue weighted by Crippen LogP contribution is -2.43. The molecule has 0 aliphatic rings. The van der Waals surface area contributed by atoms with Gasteiger partial charge in [0.2, 0.25) is 10.0 Å². The van der Waals surface area contributed by atoms with Gasteiger partial charge in [-0.3, -0.25) is 0 Å². The van der Waals surface area contributed by atoms with Crippen molar-refractivity contribution in [3.05, 3.63) is 29.8 Å². The highest BCUT2D eigenvalue weighted by Gasteiger charge is 2.25. The van der Waals surface area contributed by atoms with Crippen LogP contribution in [0.15, 0.2) is 29.2 Å². The van der Waals surface area contributed by atoms with E-state index in [2.05, 4.69) is 4.72 Å². The number of nitrogens with one attached hydrogen (secondary N) is 1. The molecule has 0 radical (unpaired) electrons. The summed E-state index contributed by atoms with van der Waals surface area (Å²) >= 11 is 0. The summed E-state index contributed by atoms with van der Waals surface area (Å²) in [5.41, 5.74) is -0.460. The van der Waals surface area contributed by atoms with E-state index < -0.39 is 21.5 Å². The maximum atomic E-state index is 12.2. The zero-order valence-electron chi connectivity index (χ0n) is 12.4. The van der Waals surface area contributed by atoms with E-state index in [0.717, 1.165) is 0 Å². The third kappa shape index (κ3) is 5.11. The molecule has 7 heteroatoms. The van der Waals surface area contributed by atoms with Gasteiger partial charge < -0.3 is 9.84 Å². The summed E-state index contributed by atoms with van der Waals surface area (Å²) in [7, 11) is -3.71. The van der Waals surface area contributed by atoms with E-state index in [-0.39, 0.29) is 18.1 Å². The van der Waals surface area contributed by atoms with E-state index in [1.54, 1.807) is 20.8 Å². The van der Waals surface area contributed by atoms with Gasteiger partial charge in [-0.05, 0) is 51.5 Å². The van der Waals surface area contributed by atoms with E-state index in [4.69, 9.17) is 9.84 Å². The summed E-state index contributed by atoms with van der Waals surface area (Å²) in [6.07, 6.45) is 0.299. The van der Waals surface area contributed by atoms with Crippen molar-refractivity contribution in [2.75, 3.05) is 13.2 Å². The number of carbonyl (C=O) groups excluding carboxylic acids is 1. The molecule has 1 aromatic carbocycles. The van der Waals surface area contributed by atoms with Crippen molar-refractivity contribution in [1.29, 1.82) is 0 Å². The first-order chi connectivity index (χ1) is 9.72. The van der Waals surface area contributed by atoms with E-state index in [0.29, 0.717) is 12.0 Å². The average Bonchev–Trinajstić information content (AvgIpc) is 2.37. The minimum absolute atomic E-state index is 0.0570. The molecule has 0 atom stereocenters. The van der Waals surface area contributed by atoms with Crippen LogP contribution in [0.5, 0.6) is 0 Å². The van der Waals surface area contributed by atoms with Crippen LogP contribution in [0.2, 0.25) is 0 Å². The molecule has 6 nitrogen and oxygen atoms in total. The zero-order valence-corrected chi connectivity index (χ0v) is 13.2. The SMILES string of the molecule is CCOC(=O)c1ccc(S(=O)(=O)NC(C)(C)CCO)cc1. The summed E-state index contributed by atoms with van der Waals surface area (Å²) in [6, 6.07) is 5.52. The van der Waals surface area contributed by atoms with Gasteiger partial charge in [-0.2, -0.15) is 0 Å². The predicted octanol–water partition coefficient (Wildman–Crippen LogP) is 1.30. The predicted molar refractivity (Wildman–Crippen MR) is 78.5 cm³/mol. The number of hydrogen-bond acceptors (Lipinski definition) is 5. The molecule has 1 rings (SSSR count). The van der Waals surface area contributed by atoms with Crippen LogP contribution < -0.4 is 4.72 Å². The number of sulfonamides is 1. The number of carbonyl (C=O) groups is 1. The van der Waals surface area contributed by atoms with Crippen LogP contribution in [-0.2, 0) is 14.8 Å². The molecule has 2 N–H and O–H groups in total. The number of hydrogen-bond donors (Lipinski definition) is 2. The lowest BCUT2D eigenvalue weighted by atomic mass is 10.0. The number of esters is 1. The molecule has 0 unspecified atom stereocenters. The summed E-state index contributed by atoms with van der Waals surface area (Å²) < 4.78 is 31.8. The van der Waals surface area contributed by atoms with Crippen molar-refractivity contribution in [2.45, 2.75) is 37.6 Å². The second kappa shape index (κ2) is 7.02. The van der Waals surface area contributed by atoms with Crippen LogP contribution >= 0.6 is 0 Å². The second-order valence-corrected chi connectivity index (χ2v) is 6.89. The van der Waals surface area contributed by atoms with Crippen LogP contribution in [-0.4, -0.2) is 38.2 Å². The quantitative estimate of drug-likeness (QED) is 0.740. The molecule has 0 spiro atoms. The van der Waals surface area contributed by atoms with Crippen molar-refractivity contribution in [2.24, 2.45) is 0 Å². The van der Waals surface area contributed by atoms with Crippen molar-refractivity contribution >= 4 is 16.0 Å². The summed E-state index contributed by atoms with van der Waals surface area (Å²) in [4.78, 5) is 11.6. The maximum Gasteiger partial charge on any atom is 0.338 e. The Labute approximate surface area is 125 Å². The van der Waals surface area contributed by atoms with Crippen molar-refractivity contribution < 1.29 is 23.1 Å². The molecule has 0 heterocycles. The fourth-order valence-electron chi connectivity index (χ4n) is 1.74. The highest BCUT2D eigenvalue weighted by molar-refractivity contribution is 7.89. The smallest absolute Gasteiger partial charge is 0.338 e. The third-order valence-electron chi connectivity index (χ3n) is 2.82. The molecule has 0 aliphatic heterocycles. The van der Waals surface area contributed by atoms with Gasteiger partial charge >= 0.3 is 5.97 Å². The Bertz CT molecular complexity index is 578. The van der Waals surface area contributed by atoms with Crippen molar-refractivity contribution in [3.8, 4) is 0 Å². The van der Waals surface area contributed by atoms with Gasteiger partial charge in [-0.25, -0.2) is 17.9 Å². The van der Waals surface area contributed by atoms with Crippen LogP contribution in [0.3, 0.4) is 0 Å². The highest BCUT2D eigenvalue weighted by atomic mass is 32.2. The molecule has 118 valence electrons. The molecule has 0 amide bonds. The first-order valence-electron chi connectivity index (χ1n) is 6.64. The first kappa shape index (κ1) is 17.6. The molecule has 0 saturated heterocycles. The maximum absolute atomic E-state index is 12.2. The van der Waals surface area contributed by atoms with Crippen LogP contribution in [0.25, 0.3) is 0 Å². The molecular formula is C14H21NO5S. The van der Waals surface area contributed by atoms with Gasteiger partial charge in [0, 0.05) is 12.1 Å². The van der Waals surface area contributed by atoms with Gasteiger partial charge in [0.15, 0.2) is 0 Å². The first-order valence-corrected chi connectivity index (χ1v) is 8.12. The van der Waals surface area contributed by atoms with Crippen LogP contribution in [0.1, 0.15) is 37.6 Å². The molecule has 21 heavy (non-hydrogen) atoms. The lowest BCUT2D eigenvalue weighted by molar-refractivity contribution is 0.0526. The Morgan fingerprint density at radius 2 is 1.86 bits per heavy atom. The van der Waals surface area contributed by atoms with Crippen LogP contribution in [0, 0.1) is 0 Å². The Morgan fingerprint density at radius 3 is 2.33 bits per heavy atom. The number of benzene rings is 1. The molecule has 1 aromatic rings. The molecule has 0 fully saturated rings. The zero-order chi connectivity index (χ0) is 16.1. The van der Waals surface area contributed by atoms with Gasteiger partial charge in [-0.1, -0.05) is 0 Å². The lowest BCUT2D eigenvalue weighted by Gasteiger charge is -2.25. The summed E-state index contributed by atoms with van der Waals surface area (Å²) in [5, 5.41) is 8.93. The minimum Gasteiger partial charge on any atom is -0.462 e. The Hall–Kier alpha value is -1.44. The Balaban J connectivity index is 2.92.